The van der Waals surface area contributed by atoms with Crippen LogP contribution in [0.15, 0.2) is 18.2 Å². The molecule has 1 aromatic carbocycles. The van der Waals surface area contributed by atoms with E-state index in [9.17, 15) is 19.5 Å². The van der Waals surface area contributed by atoms with E-state index >= 15 is 0 Å². The van der Waals surface area contributed by atoms with E-state index in [2.05, 4.69) is 6.92 Å². The molecular formula is C29H44N4O6. The van der Waals surface area contributed by atoms with Crippen molar-refractivity contribution in [2.45, 2.75) is 64.8 Å². The fraction of sp³-hybridized carbons (Fsp3) is 0.690. The molecule has 2 fully saturated rings. The number of carboxylic acids is 1. The van der Waals surface area contributed by atoms with Gasteiger partial charge in [-0.15, -0.1) is 0 Å². The molecule has 0 bridgehead atoms. The molecule has 0 aromatic heterocycles. The maximum Gasteiger partial charge on any atom is 0.308 e. The van der Waals surface area contributed by atoms with Crippen LogP contribution in [0.25, 0.3) is 0 Å². The Morgan fingerprint density at radius 2 is 1.92 bits per heavy atom. The molecule has 1 aromatic rings. The van der Waals surface area contributed by atoms with Crippen molar-refractivity contribution in [1.29, 1.82) is 0 Å². The second kappa shape index (κ2) is 12.6. The number of nitrogens with two attached hydrogens (primary N) is 1. The van der Waals surface area contributed by atoms with Gasteiger partial charge < -0.3 is 30.1 Å². The molecule has 3 aliphatic heterocycles. The first-order valence-electron chi connectivity index (χ1n) is 14.3. The van der Waals surface area contributed by atoms with E-state index < -0.39 is 17.3 Å². The number of likely N-dealkylation sites (tertiary alicyclic amines) is 2. The van der Waals surface area contributed by atoms with E-state index in [1.807, 2.05) is 46.7 Å². The second-order valence-corrected chi connectivity index (χ2v) is 11.7. The maximum atomic E-state index is 13.5. The van der Waals surface area contributed by atoms with Gasteiger partial charge in [0.05, 0.1) is 12.5 Å². The predicted molar refractivity (Wildman–Crippen MR) is 147 cm³/mol. The number of carbonyl (C=O) groups is 3. The molecular weight excluding hydrogens is 500 g/mol. The Morgan fingerprint density at radius 3 is 2.59 bits per heavy atom. The molecule has 0 radical (unpaired) electrons. The van der Waals surface area contributed by atoms with Crippen LogP contribution in [-0.2, 0) is 14.4 Å². The Balaban J connectivity index is 1.58. The molecule has 0 spiro atoms. The van der Waals surface area contributed by atoms with Crippen molar-refractivity contribution in [3.05, 3.63) is 23.8 Å². The minimum absolute atomic E-state index is 0.00393. The fourth-order valence-corrected chi connectivity index (χ4v) is 6.15. The van der Waals surface area contributed by atoms with E-state index in [1.54, 1.807) is 0 Å². The molecule has 2 saturated heterocycles. The number of ether oxygens (including phenoxy) is 2. The molecule has 2 amide bonds. The molecule has 3 heterocycles. The smallest absolute Gasteiger partial charge is 0.308 e. The zero-order valence-electron chi connectivity index (χ0n) is 23.6. The van der Waals surface area contributed by atoms with Crippen molar-refractivity contribution in [1.82, 2.24) is 14.7 Å². The molecule has 216 valence electrons. The van der Waals surface area contributed by atoms with Crippen molar-refractivity contribution < 1.29 is 29.0 Å². The number of amides is 2. The number of unbranched alkanes of at least 4 members (excludes halogenated alkanes) is 1. The highest BCUT2D eigenvalue weighted by atomic mass is 16.7. The summed E-state index contributed by atoms with van der Waals surface area (Å²) in [5.74, 6) is -0.582. The summed E-state index contributed by atoms with van der Waals surface area (Å²) >= 11 is 0. The van der Waals surface area contributed by atoms with Crippen LogP contribution in [-0.4, -0.2) is 96.2 Å². The quantitative estimate of drug-likeness (QED) is 0.388. The number of carboxylic acid groups (broad SMARTS) is 1. The monoisotopic (exact) mass is 544 g/mol. The lowest BCUT2D eigenvalue weighted by Crippen LogP contribution is -2.46. The van der Waals surface area contributed by atoms with Crippen molar-refractivity contribution in [2.24, 2.45) is 17.1 Å². The summed E-state index contributed by atoms with van der Waals surface area (Å²) in [5.41, 5.74) is 6.19. The Kier molecular flexibility index (Phi) is 9.38. The van der Waals surface area contributed by atoms with Gasteiger partial charge >= 0.3 is 5.97 Å². The van der Waals surface area contributed by atoms with Crippen LogP contribution in [0.5, 0.6) is 11.5 Å². The molecule has 39 heavy (non-hydrogen) atoms. The van der Waals surface area contributed by atoms with Gasteiger partial charge in [-0.3, -0.25) is 19.3 Å². The minimum Gasteiger partial charge on any atom is -0.481 e. The highest BCUT2D eigenvalue weighted by Gasteiger charge is 2.48. The number of rotatable bonds is 13. The van der Waals surface area contributed by atoms with Gasteiger partial charge in [0.2, 0.25) is 18.6 Å². The first-order chi connectivity index (χ1) is 18.7. The molecule has 0 aliphatic carbocycles. The van der Waals surface area contributed by atoms with Crippen LogP contribution >= 0.6 is 0 Å². The van der Waals surface area contributed by atoms with Gasteiger partial charge in [0.15, 0.2) is 11.5 Å². The third kappa shape index (κ3) is 6.49. The highest BCUT2D eigenvalue weighted by molar-refractivity contribution is 5.84. The van der Waals surface area contributed by atoms with Gasteiger partial charge in [0, 0.05) is 50.1 Å². The number of hydrogen-bond donors (Lipinski definition) is 2. The number of benzene rings is 1. The number of nitrogens with zero attached hydrogens (tertiary/aromatic N) is 3. The largest absolute Gasteiger partial charge is 0.481 e. The lowest BCUT2D eigenvalue weighted by atomic mass is 9.84. The first-order valence-corrected chi connectivity index (χ1v) is 14.3. The Hall–Kier alpha value is -2.85. The summed E-state index contributed by atoms with van der Waals surface area (Å²) in [4.78, 5) is 44.9. The van der Waals surface area contributed by atoms with Crippen LogP contribution in [0, 0.1) is 11.3 Å². The van der Waals surface area contributed by atoms with Crippen LogP contribution in [0.3, 0.4) is 0 Å². The Morgan fingerprint density at radius 1 is 1.18 bits per heavy atom. The van der Waals surface area contributed by atoms with Crippen molar-refractivity contribution in [2.75, 3.05) is 52.6 Å². The zero-order valence-corrected chi connectivity index (χ0v) is 23.6. The van der Waals surface area contributed by atoms with Gasteiger partial charge in [-0.05, 0) is 49.9 Å². The van der Waals surface area contributed by atoms with Crippen molar-refractivity contribution >= 4 is 17.8 Å². The summed E-state index contributed by atoms with van der Waals surface area (Å²) < 4.78 is 11.0. The average molecular weight is 545 g/mol. The molecule has 3 N–H and O–H groups in total. The maximum absolute atomic E-state index is 13.5. The topological polar surface area (TPSA) is 126 Å². The highest BCUT2D eigenvalue weighted by Crippen LogP contribution is 2.43. The third-order valence-corrected chi connectivity index (χ3v) is 8.53. The zero-order chi connectivity index (χ0) is 28.2. The molecule has 4 rings (SSSR count). The molecule has 10 heteroatoms. The summed E-state index contributed by atoms with van der Waals surface area (Å²) in [7, 11) is 0. The van der Waals surface area contributed by atoms with Gasteiger partial charge in [-0.2, -0.15) is 0 Å². The standard InChI is InChI=1S/C29H44N4O6/c1-4-5-12-31(13-6-11-30)25(34)18-33-17-21(20-7-8-23-24(16-20)39-19-38-23)26(27(35)36)22(33)9-14-32-15-10-29(2,3)28(32)37/h7-8,16,21-22,26H,4-6,9-15,17-19,30H2,1-3H3,(H,35,36). The fourth-order valence-electron chi connectivity index (χ4n) is 6.15. The number of carbonyl (C=O) groups excluding carboxylic acids is 2. The van der Waals surface area contributed by atoms with E-state index in [0.717, 1.165) is 31.2 Å². The molecule has 10 nitrogen and oxygen atoms in total. The minimum atomic E-state index is -0.892. The summed E-state index contributed by atoms with van der Waals surface area (Å²) in [6, 6.07) is 5.20. The van der Waals surface area contributed by atoms with Crippen molar-refractivity contribution in [3.8, 4) is 11.5 Å². The third-order valence-electron chi connectivity index (χ3n) is 8.53. The Labute approximate surface area is 231 Å². The summed E-state index contributed by atoms with van der Waals surface area (Å²) in [6.07, 6.45) is 3.89. The van der Waals surface area contributed by atoms with Gasteiger partial charge in [0.1, 0.15) is 0 Å². The molecule has 3 aliphatic rings. The van der Waals surface area contributed by atoms with Crippen molar-refractivity contribution in [3.63, 3.8) is 0 Å². The number of fused-ring (bicyclic) bond motifs is 1. The number of hydrogen-bond acceptors (Lipinski definition) is 7. The molecule has 3 unspecified atom stereocenters. The lowest BCUT2D eigenvalue weighted by Gasteiger charge is -2.31. The Bertz CT molecular complexity index is 1040. The molecule has 3 atom stereocenters. The normalized spacial score (nSPS) is 23.9. The van der Waals surface area contributed by atoms with Gasteiger partial charge in [-0.25, -0.2) is 0 Å². The predicted octanol–water partition coefficient (Wildman–Crippen LogP) is 2.51. The van der Waals surface area contributed by atoms with E-state index in [1.165, 1.54) is 0 Å². The molecule has 0 saturated carbocycles. The van der Waals surface area contributed by atoms with Crippen LogP contribution in [0.4, 0.5) is 0 Å². The van der Waals surface area contributed by atoms with E-state index in [-0.39, 0.29) is 37.1 Å². The van der Waals surface area contributed by atoms with Crippen LogP contribution in [0.1, 0.15) is 64.4 Å². The second-order valence-electron chi connectivity index (χ2n) is 11.7. The van der Waals surface area contributed by atoms with Gasteiger partial charge in [0.25, 0.3) is 0 Å². The average Bonchev–Trinajstić information content (AvgIpc) is 3.58. The van der Waals surface area contributed by atoms with Crippen LogP contribution in [0.2, 0.25) is 0 Å². The summed E-state index contributed by atoms with van der Waals surface area (Å²) in [6.45, 7) is 9.65. The van der Waals surface area contributed by atoms with E-state index in [4.69, 9.17) is 15.2 Å². The van der Waals surface area contributed by atoms with Crippen LogP contribution < -0.4 is 15.2 Å². The van der Waals surface area contributed by atoms with E-state index in [0.29, 0.717) is 57.2 Å². The number of aliphatic carboxylic acids is 1. The van der Waals surface area contributed by atoms with Gasteiger partial charge in [-0.1, -0.05) is 33.3 Å². The summed E-state index contributed by atoms with van der Waals surface area (Å²) in [5, 5.41) is 10.5. The lowest BCUT2D eigenvalue weighted by molar-refractivity contribution is -0.144. The SMILES string of the molecule is CCCCN(CCCN)C(=O)CN1CC(c2ccc3c(c2)OCO3)C(C(=O)O)C1CCN1CCC(C)(C)C1=O. The first kappa shape index (κ1) is 29.1.